The number of aromatic amines is 1. The van der Waals surface area contributed by atoms with Crippen LogP contribution in [0, 0.1) is 30.1 Å². The van der Waals surface area contributed by atoms with Crippen LogP contribution in [0.25, 0.3) is 0 Å². The van der Waals surface area contributed by atoms with Gasteiger partial charge in [0.2, 0.25) is 0 Å². The summed E-state index contributed by atoms with van der Waals surface area (Å²) in [5.41, 5.74) is 2.53. The summed E-state index contributed by atoms with van der Waals surface area (Å²) in [7, 11) is 1.39. The Balaban J connectivity index is 1.68. The maximum atomic E-state index is 11.7. The van der Waals surface area contributed by atoms with Crippen LogP contribution in [0.15, 0.2) is 30.5 Å². The van der Waals surface area contributed by atoms with Crippen molar-refractivity contribution in [1.29, 1.82) is 0 Å². The van der Waals surface area contributed by atoms with Gasteiger partial charge < -0.3 is 15.0 Å². The van der Waals surface area contributed by atoms with Crippen LogP contribution in [0.5, 0.6) is 0 Å². The summed E-state index contributed by atoms with van der Waals surface area (Å²) in [6.45, 7) is 5.92. The molecule has 2 N–H and O–H groups in total. The Morgan fingerprint density at radius 2 is 2.07 bits per heavy atom. The third kappa shape index (κ3) is 5.43. The minimum absolute atomic E-state index is 0.0123. The summed E-state index contributed by atoms with van der Waals surface area (Å²) in [4.78, 5) is 22.0. The summed E-state index contributed by atoms with van der Waals surface area (Å²) in [5, 5.41) is 2.95. The zero-order valence-corrected chi connectivity index (χ0v) is 17.7. The first-order chi connectivity index (χ1) is 14.5. The molecular formula is C24H28N4O2. The van der Waals surface area contributed by atoms with E-state index in [1.54, 1.807) is 6.20 Å². The Kier molecular flexibility index (Phi) is 7.17. The number of benzene rings is 1. The first-order valence-corrected chi connectivity index (χ1v) is 10.2. The van der Waals surface area contributed by atoms with Crippen molar-refractivity contribution >= 4 is 6.09 Å². The number of hydrogen-bond acceptors (Lipinski definition) is 4. The molecule has 1 amide bonds. The minimum atomic E-state index is -0.393. The lowest BCUT2D eigenvalue weighted by Crippen LogP contribution is -2.46. The van der Waals surface area contributed by atoms with Crippen molar-refractivity contribution in [2.75, 3.05) is 20.2 Å². The number of amides is 1. The maximum Gasteiger partial charge on any atom is 0.407 e. The summed E-state index contributed by atoms with van der Waals surface area (Å²) >= 11 is 0. The Morgan fingerprint density at radius 1 is 1.33 bits per heavy atom. The number of nitrogens with zero attached hydrogens (tertiary/aromatic N) is 2. The predicted octanol–water partition coefficient (Wildman–Crippen LogP) is 3.31. The molecule has 1 aromatic carbocycles. The van der Waals surface area contributed by atoms with Crippen molar-refractivity contribution in [3.63, 3.8) is 0 Å². The van der Waals surface area contributed by atoms with E-state index in [2.05, 4.69) is 51.8 Å². The highest BCUT2D eigenvalue weighted by molar-refractivity contribution is 5.67. The molecule has 2 heterocycles. The fraction of sp³-hybridized carbons (Fsp3) is 0.417. The van der Waals surface area contributed by atoms with Crippen molar-refractivity contribution in [2.24, 2.45) is 5.92 Å². The summed E-state index contributed by atoms with van der Waals surface area (Å²) in [6.07, 6.45) is 8.89. The molecule has 0 saturated carbocycles. The van der Waals surface area contributed by atoms with Gasteiger partial charge in [0.05, 0.1) is 19.3 Å². The molecule has 2 atom stereocenters. The van der Waals surface area contributed by atoms with Gasteiger partial charge in [0, 0.05) is 23.7 Å². The number of likely N-dealkylation sites (tertiary alicyclic amines) is 1. The molecule has 156 valence electrons. The van der Waals surface area contributed by atoms with Gasteiger partial charge in [0.25, 0.3) is 0 Å². The Labute approximate surface area is 178 Å². The summed E-state index contributed by atoms with van der Waals surface area (Å²) in [5.74, 6) is 10.1. The number of H-pyrrole nitrogens is 1. The van der Waals surface area contributed by atoms with Crippen LogP contribution in [-0.2, 0) is 4.74 Å². The second kappa shape index (κ2) is 10.0. The third-order valence-corrected chi connectivity index (χ3v) is 5.39. The second-order valence-electron chi connectivity index (χ2n) is 7.79. The molecule has 6 nitrogen and oxygen atoms in total. The number of nitrogens with one attached hydrogen (secondary N) is 2. The van der Waals surface area contributed by atoms with Gasteiger partial charge in [-0.25, -0.2) is 9.78 Å². The highest BCUT2D eigenvalue weighted by Crippen LogP contribution is 2.30. The van der Waals surface area contributed by atoms with Crippen molar-refractivity contribution in [1.82, 2.24) is 20.2 Å². The normalized spacial score (nSPS) is 17.1. The van der Waals surface area contributed by atoms with E-state index in [-0.39, 0.29) is 12.1 Å². The number of methoxy groups -OCH3 is 1. The molecule has 6 heteroatoms. The molecule has 30 heavy (non-hydrogen) atoms. The van der Waals surface area contributed by atoms with E-state index in [1.807, 2.05) is 24.3 Å². The average molecular weight is 405 g/mol. The van der Waals surface area contributed by atoms with E-state index in [4.69, 9.17) is 11.2 Å². The Hall–Kier alpha value is -3.22. The summed E-state index contributed by atoms with van der Waals surface area (Å²) in [6, 6.07) is 7.80. The number of carbonyl (C=O) groups is 1. The first kappa shape index (κ1) is 21.5. The Morgan fingerprint density at radius 3 is 2.73 bits per heavy atom. The molecule has 1 aromatic heterocycles. The number of alkyl carbamates (subject to hydrolysis) is 1. The van der Waals surface area contributed by atoms with Gasteiger partial charge in [-0.3, -0.25) is 4.90 Å². The zero-order chi connectivity index (χ0) is 21.5. The number of imidazole rings is 1. The minimum Gasteiger partial charge on any atom is -0.453 e. The van der Waals surface area contributed by atoms with Gasteiger partial charge in [0.1, 0.15) is 11.5 Å². The molecule has 0 aliphatic carbocycles. The van der Waals surface area contributed by atoms with E-state index in [9.17, 15) is 4.79 Å². The lowest BCUT2D eigenvalue weighted by Gasteiger charge is -2.30. The number of aromatic nitrogens is 2. The number of ether oxygens (including phenoxy) is 1. The van der Waals surface area contributed by atoms with Gasteiger partial charge in [-0.05, 0) is 55.5 Å². The fourth-order valence-electron chi connectivity index (χ4n) is 3.60. The monoisotopic (exact) mass is 404 g/mol. The number of hydrogen-bond donors (Lipinski definition) is 2. The van der Waals surface area contributed by atoms with Crippen LogP contribution in [0.3, 0.4) is 0 Å². The van der Waals surface area contributed by atoms with Gasteiger partial charge in [0.15, 0.2) is 0 Å². The number of carbonyl (C=O) groups excluding carboxylic acids is 1. The van der Waals surface area contributed by atoms with Crippen LogP contribution in [-0.4, -0.2) is 47.2 Å². The van der Waals surface area contributed by atoms with Crippen LogP contribution in [0.2, 0.25) is 0 Å². The predicted molar refractivity (Wildman–Crippen MR) is 117 cm³/mol. The van der Waals surface area contributed by atoms with Crippen molar-refractivity contribution in [3.05, 3.63) is 53.1 Å². The summed E-state index contributed by atoms with van der Waals surface area (Å²) < 4.78 is 4.77. The molecular weight excluding hydrogens is 376 g/mol. The second-order valence-corrected chi connectivity index (χ2v) is 7.79. The maximum absolute atomic E-state index is 11.7. The van der Waals surface area contributed by atoms with Gasteiger partial charge in [-0.15, -0.1) is 6.42 Å². The molecule has 1 aliphatic rings. The van der Waals surface area contributed by atoms with E-state index in [0.29, 0.717) is 5.92 Å². The SMILES string of the molecule is C#Cc1ccc(C#Cc2cnc(C3CCCN3CC(NC(=O)OC)C(C)C)[nH]2)cc1. The lowest BCUT2D eigenvalue weighted by molar-refractivity contribution is 0.150. The fourth-order valence-corrected chi connectivity index (χ4v) is 3.60. The molecule has 2 aromatic rings. The Bertz CT molecular complexity index is 960. The van der Waals surface area contributed by atoms with E-state index < -0.39 is 6.09 Å². The molecule has 0 bridgehead atoms. The molecule has 3 rings (SSSR count). The van der Waals surface area contributed by atoms with E-state index in [1.165, 1.54) is 7.11 Å². The number of rotatable bonds is 5. The van der Waals surface area contributed by atoms with E-state index in [0.717, 1.165) is 48.6 Å². The zero-order valence-electron chi connectivity index (χ0n) is 17.7. The van der Waals surface area contributed by atoms with Crippen LogP contribution < -0.4 is 5.32 Å². The van der Waals surface area contributed by atoms with Crippen LogP contribution >= 0.6 is 0 Å². The molecule has 0 radical (unpaired) electrons. The lowest BCUT2D eigenvalue weighted by atomic mass is 10.0. The molecule has 1 fully saturated rings. The molecule has 1 saturated heterocycles. The number of terminal acetylenes is 1. The smallest absolute Gasteiger partial charge is 0.407 e. The highest BCUT2D eigenvalue weighted by atomic mass is 16.5. The van der Waals surface area contributed by atoms with Crippen molar-refractivity contribution in [2.45, 2.75) is 38.8 Å². The van der Waals surface area contributed by atoms with Gasteiger partial charge >= 0.3 is 6.09 Å². The quantitative estimate of drug-likeness (QED) is 0.750. The molecule has 0 spiro atoms. The standard InChI is InChI=1S/C24H28N4O2/c1-5-18-8-10-19(11-9-18)12-13-20-15-25-23(26-20)22-7-6-14-28(22)16-21(17(2)3)27-24(29)30-4/h1,8-11,15,17,21-22H,6-7,14,16H2,2-4H3,(H,25,26)(H,27,29). The average Bonchev–Trinajstić information content (AvgIpc) is 3.41. The largest absolute Gasteiger partial charge is 0.453 e. The van der Waals surface area contributed by atoms with Gasteiger partial charge in [-0.1, -0.05) is 25.7 Å². The van der Waals surface area contributed by atoms with Crippen LogP contribution in [0.4, 0.5) is 4.79 Å². The molecule has 1 aliphatic heterocycles. The van der Waals surface area contributed by atoms with Gasteiger partial charge in [-0.2, -0.15) is 0 Å². The van der Waals surface area contributed by atoms with Crippen molar-refractivity contribution < 1.29 is 9.53 Å². The first-order valence-electron chi connectivity index (χ1n) is 10.2. The van der Waals surface area contributed by atoms with E-state index >= 15 is 0 Å². The van der Waals surface area contributed by atoms with Crippen molar-refractivity contribution in [3.8, 4) is 24.2 Å². The third-order valence-electron chi connectivity index (χ3n) is 5.39. The topological polar surface area (TPSA) is 70.2 Å². The molecule has 2 unspecified atom stereocenters. The highest BCUT2D eigenvalue weighted by Gasteiger charge is 2.31. The van der Waals surface area contributed by atoms with Crippen LogP contribution in [0.1, 0.15) is 55.4 Å².